The summed E-state index contributed by atoms with van der Waals surface area (Å²) in [5.41, 5.74) is 6.78. The summed E-state index contributed by atoms with van der Waals surface area (Å²) in [6.07, 6.45) is 0. The van der Waals surface area contributed by atoms with Crippen molar-refractivity contribution in [3.63, 3.8) is 0 Å². The molecule has 0 aliphatic rings. The highest BCUT2D eigenvalue weighted by Gasteiger charge is 2.17. The van der Waals surface area contributed by atoms with Crippen LogP contribution in [0.1, 0.15) is 10.4 Å². The number of nitrogens with two attached hydrogens (primary N) is 1. The van der Waals surface area contributed by atoms with Gasteiger partial charge in [-0.05, 0) is 52.7 Å². The molecule has 0 unspecified atom stereocenters. The van der Waals surface area contributed by atoms with E-state index >= 15 is 0 Å². The smallest absolute Gasteiger partial charge is 0.241 e. The number of hydrogen-bond acceptors (Lipinski definition) is 4. The number of sulfonamides is 1. The standard InChI is InChI=1S/C12H12BrClN2O2S2/c1-7-10(14)4-9(5-11(7)15)20(17,18)16-6-8-2-3-12(13)19-8/h2-5,16H,6,15H2,1H3. The first-order valence-corrected chi connectivity index (χ1v) is 9.06. The van der Waals surface area contributed by atoms with Gasteiger partial charge >= 0.3 is 0 Å². The Kier molecular flexibility index (Phi) is 4.76. The van der Waals surface area contributed by atoms with E-state index in [4.69, 9.17) is 17.3 Å². The Balaban J connectivity index is 2.22. The van der Waals surface area contributed by atoms with Gasteiger partial charge in [0.05, 0.1) is 8.68 Å². The fourth-order valence-corrected chi connectivity index (χ4v) is 4.40. The largest absolute Gasteiger partial charge is 0.398 e. The molecule has 2 aromatic rings. The lowest BCUT2D eigenvalue weighted by molar-refractivity contribution is 0.582. The van der Waals surface area contributed by atoms with Crippen LogP contribution < -0.4 is 10.5 Å². The summed E-state index contributed by atoms with van der Waals surface area (Å²) < 4.78 is 27.9. The average molecular weight is 396 g/mol. The predicted octanol–water partition coefficient (Wildman–Crippen LogP) is 3.53. The summed E-state index contributed by atoms with van der Waals surface area (Å²) >= 11 is 10.8. The summed E-state index contributed by atoms with van der Waals surface area (Å²) in [6.45, 7) is 1.97. The molecule has 1 heterocycles. The first-order valence-electron chi connectivity index (χ1n) is 5.59. The van der Waals surface area contributed by atoms with Crippen molar-refractivity contribution in [3.8, 4) is 0 Å². The Bertz CT molecular complexity index is 721. The van der Waals surface area contributed by atoms with Crippen LogP contribution in [0.4, 0.5) is 5.69 Å². The Morgan fingerprint density at radius 2 is 2.10 bits per heavy atom. The van der Waals surface area contributed by atoms with Gasteiger partial charge in [0.2, 0.25) is 10.0 Å². The van der Waals surface area contributed by atoms with Gasteiger partial charge in [0.25, 0.3) is 0 Å². The van der Waals surface area contributed by atoms with Crippen molar-refractivity contribution in [1.29, 1.82) is 0 Å². The minimum Gasteiger partial charge on any atom is -0.398 e. The molecule has 2 rings (SSSR count). The Morgan fingerprint density at radius 1 is 1.40 bits per heavy atom. The minimum absolute atomic E-state index is 0.0706. The van der Waals surface area contributed by atoms with Gasteiger partial charge < -0.3 is 5.73 Å². The number of nitrogens with one attached hydrogen (secondary N) is 1. The van der Waals surface area contributed by atoms with Crippen LogP contribution in [-0.4, -0.2) is 8.42 Å². The van der Waals surface area contributed by atoms with Crippen molar-refractivity contribution >= 4 is 54.6 Å². The molecule has 0 saturated heterocycles. The number of anilines is 1. The molecule has 0 spiro atoms. The summed E-state index contributed by atoms with van der Waals surface area (Å²) in [5, 5.41) is 0.337. The van der Waals surface area contributed by atoms with Gasteiger partial charge in [-0.1, -0.05) is 11.6 Å². The van der Waals surface area contributed by atoms with E-state index in [1.165, 1.54) is 23.5 Å². The summed E-state index contributed by atoms with van der Waals surface area (Å²) in [6, 6.07) is 6.54. The molecule has 1 aromatic carbocycles. The monoisotopic (exact) mass is 394 g/mol. The molecule has 0 saturated carbocycles. The van der Waals surface area contributed by atoms with Crippen LogP contribution >= 0.6 is 38.9 Å². The zero-order valence-electron chi connectivity index (χ0n) is 10.5. The molecule has 0 atom stereocenters. The topological polar surface area (TPSA) is 72.2 Å². The molecular weight excluding hydrogens is 384 g/mol. The van der Waals surface area contributed by atoms with E-state index in [1.54, 1.807) is 6.92 Å². The molecule has 0 radical (unpaired) electrons. The van der Waals surface area contributed by atoms with Crippen LogP contribution in [0.15, 0.2) is 32.9 Å². The van der Waals surface area contributed by atoms with Gasteiger partial charge in [-0.2, -0.15) is 0 Å². The molecule has 108 valence electrons. The number of hydrogen-bond donors (Lipinski definition) is 2. The van der Waals surface area contributed by atoms with Gasteiger partial charge in [-0.25, -0.2) is 13.1 Å². The van der Waals surface area contributed by atoms with E-state index in [0.717, 1.165) is 8.66 Å². The van der Waals surface area contributed by atoms with Crippen molar-refractivity contribution in [2.45, 2.75) is 18.4 Å². The lowest BCUT2D eigenvalue weighted by atomic mass is 10.2. The van der Waals surface area contributed by atoms with Crippen LogP contribution in [0.2, 0.25) is 5.02 Å². The molecule has 0 aliphatic carbocycles. The van der Waals surface area contributed by atoms with Crippen molar-refractivity contribution < 1.29 is 8.42 Å². The summed E-state index contributed by atoms with van der Waals surface area (Å²) in [4.78, 5) is 0.979. The summed E-state index contributed by atoms with van der Waals surface area (Å²) in [5.74, 6) is 0. The number of rotatable bonds is 4. The van der Waals surface area contributed by atoms with E-state index in [1.807, 2.05) is 12.1 Å². The van der Waals surface area contributed by atoms with E-state index in [0.29, 0.717) is 16.3 Å². The second-order valence-electron chi connectivity index (χ2n) is 4.15. The fraction of sp³-hybridized carbons (Fsp3) is 0.167. The van der Waals surface area contributed by atoms with Crippen molar-refractivity contribution in [2.75, 3.05) is 5.73 Å². The zero-order valence-corrected chi connectivity index (χ0v) is 14.5. The van der Waals surface area contributed by atoms with Crippen molar-refractivity contribution in [1.82, 2.24) is 4.72 Å². The van der Waals surface area contributed by atoms with Crippen molar-refractivity contribution in [3.05, 3.63) is 43.5 Å². The molecule has 20 heavy (non-hydrogen) atoms. The third kappa shape index (κ3) is 3.53. The van der Waals surface area contributed by atoms with Gasteiger partial charge in [-0.3, -0.25) is 0 Å². The normalized spacial score (nSPS) is 11.8. The maximum Gasteiger partial charge on any atom is 0.241 e. The van der Waals surface area contributed by atoms with E-state index in [9.17, 15) is 8.42 Å². The van der Waals surface area contributed by atoms with Gasteiger partial charge in [-0.15, -0.1) is 11.3 Å². The summed E-state index contributed by atoms with van der Waals surface area (Å²) in [7, 11) is -3.63. The van der Waals surface area contributed by atoms with E-state index in [2.05, 4.69) is 20.7 Å². The number of halogens is 2. The Labute approximate surface area is 135 Å². The minimum atomic E-state index is -3.63. The molecule has 0 amide bonds. The lowest BCUT2D eigenvalue weighted by Gasteiger charge is -2.09. The number of nitrogen functional groups attached to an aromatic ring is 1. The van der Waals surface area contributed by atoms with Gasteiger partial charge in [0.15, 0.2) is 0 Å². The molecule has 0 bridgehead atoms. The Morgan fingerprint density at radius 3 is 2.65 bits per heavy atom. The molecule has 4 nitrogen and oxygen atoms in total. The quantitative estimate of drug-likeness (QED) is 0.778. The maximum absolute atomic E-state index is 12.2. The van der Waals surface area contributed by atoms with Crippen molar-refractivity contribution in [2.24, 2.45) is 0 Å². The maximum atomic E-state index is 12.2. The first-order chi connectivity index (χ1) is 9.29. The van der Waals surface area contributed by atoms with Crippen LogP contribution in [0.25, 0.3) is 0 Å². The molecule has 1 aromatic heterocycles. The molecule has 8 heteroatoms. The van der Waals surface area contributed by atoms with Gasteiger partial charge in [0.1, 0.15) is 0 Å². The molecule has 0 aliphatic heterocycles. The fourth-order valence-electron chi connectivity index (χ4n) is 1.53. The lowest BCUT2D eigenvalue weighted by Crippen LogP contribution is -2.23. The number of thiophene rings is 1. The third-order valence-corrected chi connectivity index (χ3v) is 6.13. The highest BCUT2D eigenvalue weighted by atomic mass is 79.9. The van der Waals surface area contributed by atoms with E-state index in [-0.39, 0.29) is 11.4 Å². The SMILES string of the molecule is Cc1c(N)cc(S(=O)(=O)NCc2ccc(Br)s2)cc1Cl. The third-order valence-electron chi connectivity index (χ3n) is 2.73. The molecular formula is C12H12BrClN2O2S2. The van der Waals surface area contributed by atoms with Crippen LogP contribution in [0, 0.1) is 6.92 Å². The second-order valence-corrected chi connectivity index (χ2v) is 8.87. The number of benzene rings is 1. The van der Waals surface area contributed by atoms with Crippen LogP contribution in [0.3, 0.4) is 0 Å². The Hall–Kier alpha value is -0.600. The predicted molar refractivity (Wildman–Crippen MR) is 86.6 cm³/mol. The highest BCUT2D eigenvalue weighted by molar-refractivity contribution is 9.11. The zero-order chi connectivity index (χ0) is 14.9. The second kappa shape index (κ2) is 6.03. The molecule has 0 fully saturated rings. The average Bonchev–Trinajstić information content (AvgIpc) is 2.79. The van der Waals surface area contributed by atoms with Crippen LogP contribution in [-0.2, 0) is 16.6 Å². The highest BCUT2D eigenvalue weighted by Crippen LogP contribution is 2.26. The van der Waals surface area contributed by atoms with E-state index < -0.39 is 10.0 Å². The molecule has 3 N–H and O–H groups in total. The first kappa shape index (κ1) is 15.8. The van der Waals surface area contributed by atoms with Crippen LogP contribution in [0.5, 0.6) is 0 Å². The van der Waals surface area contributed by atoms with Gasteiger partial charge in [0, 0.05) is 22.1 Å².